The summed E-state index contributed by atoms with van der Waals surface area (Å²) in [4.78, 5) is 23.0. The maximum atomic E-state index is 11.9. The molecule has 1 aliphatic rings. The minimum Gasteiger partial charge on any atom is -0.369 e. The number of nitrogens with one attached hydrogen (secondary N) is 1. The molecule has 1 N–H and O–H groups in total. The van der Waals surface area contributed by atoms with Crippen LogP contribution in [0.25, 0.3) is 0 Å². The summed E-state index contributed by atoms with van der Waals surface area (Å²) in [5, 5.41) is 4.08. The Morgan fingerprint density at radius 1 is 1.30 bits per heavy atom. The third-order valence-corrected chi connectivity index (χ3v) is 3.12. The van der Waals surface area contributed by atoms with Gasteiger partial charge in [0.15, 0.2) is 11.6 Å². The van der Waals surface area contributed by atoms with Crippen LogP contribution in [0.5, 0.6) is 0 Å². The third-order valence-electron chi connectivity index (χ3n) is 3.12. The largest absolute Gasteiger partial charge is 0.369 e. The average molecular weight is 274 g/mol. The number of benzene rings is 1. The molecule has 0 aromatic heterocycles. The predicted octanol–water partition coefficient (Wildman–Crippen LogP) is 2.43. The molecule has 106 valence electrons. The number of hydrogen-bond acceptors (Lipinski definition) is 5. The monoisotopic (exact) mass is 274 g/mol. The molecule has 1 aromatic carbocycles. The van der Waals surface area contributed by atoms with Gasteiger partial charge in [0.1, 0.15) is 5.71 Å². The molecule has 1 fully saturated rings. The van der Waals surface area contributed by atoms with E-state index in [1.165, 1.54) is 6.92 Å². The van der Waals surface area contributed by atoms with E-state index in [9.17, 15) is 9.59 Å². The Morgan fingerprint density at radius 2 is 1.95 bits per heavy atom. The van der Waals surface area contributed by atoms with E-state index < -0.39 is 5.60 Å². The fraction of sp³-hybridized carbons (Fsp3) is 0.400. The van der Waals surface area contributed by atoms with Crippen LogP contribution in [0, 0.1) is 0 Å². The van der Waals surface area contributed by atoms with Crippen LogP contribution in [0.15, 0.2) is 29.4 Å². The van der Waals surface area contributed by atoms with Crippen LogP contribution in [0.2, 0.25) is 0 Å². The molecule has 20 heavy (non-hydrogen) atoms. The molecular formula is C15H18N2O3. The molecule has 0 aliphatic carbocycles. The summed E-state index contributed by atoms with van der Waals surface area (Å²) in [5.41, 5.74) is 4.15. The van der Waals surface area contributed by atoms with Gasteiger partial charge in [0.25, 0.3) is 0 Å². The molecule has 1 heterocycles. The first-order valence-corrected chi connectivity index (χ1v) is 6.48. The maximum Gasteiger partial charge on any atom is 0.184 e. The van der Waals surface area contributed by atoms with Gasteiger partial charge in [0.2, 0.25) is 0 Å². The van der Waals surface area contributed by atoms with Crippen LogP contribution < -0.4 is 5.43 Å². The van der Waals surface area contributed by atoms with Crippen molar-refractivity contribution in [3.63, 3.8) is 0 Å². The Hall–Kier alpha value is -2.01. The second-order valence-electron chi connectivity index (χ2n) is 5.45. The van der Waals surface area contributed by atoms with Crippen molar-refractivity contribution in [3.05, 3.63) is 29.8 Å². The Balaban J connectivity index is 2.02. The molecule has 0 amide bonds. The summed E-state index contributed by atoms with van der Waals surface area (Å²) in [6.07, 6.45) is 0.330. The lowest BCUT2D eigenvalue weighted by molar-refractivity contribution is -0.122. The van der Waals surface area contributed by atoms with Gasteiger partial charge in [-0.25, -0.2) is 0 Å². The van der Waals surface area contributed by atoms with Crippen molar-refractivity contribution in [2.75, 3.05) is 12.0 Å². The van der Waals surface area contributed by atoms with E-state index in [-0.39, 0.29) is 18.2 Å². The van der Waals surface area contributed by atoms with Crippen molar-refractivity contribution in [1.29, 1.82) is 0 Å². The van der Waals surface area contributed by atoms with Crippen LogP contribution in [-0.4, -0.2) is 29.5 Å². The van der Waals surface area contributed by atoms with Gasteiger partial charge >= 0.3 is 0 Å². The number of Topliss-reactive ketones (excluding diaryl/α,β-unsaturated/α-hetero) is 2. The SMILES string of the molecule is CC(=O)c1ccc(N/N=C2/COC(C)(C)CC2=O)cc1. The zero-order valence-corrected chi connectivity index (χ0v) is 11.9. The highest BCUT2D eigenvalue weighted by atomic mass is 16.5. The average Bonchev–Trinajstić information content (AvgIpc) is 2.37. The molecule has 1 saturated heterocycles. The Kier molecular flexibility index (Phi) is 3.99. The van der Waals surface area contributed by atoms with Crippen molar-refractivity contribution in [1.82, 2.24) is 0 Å². The van der Waals surface area contributed by atoms with E-state index in [0.717, 1.165) is 5.69 Å². The zero-order chi connectivity index (χ0) is 14.8. The number of ketones is 2. The summed E-state index contributed by atoms with van der Waals surface area (Å²) in [6, 6.07) is 6.93. The topological polar surface area (TPSA) is 67.8 Å². The summed E-state index contributed by atoms with van der Waals surface area (Å²) in [7, 11) is 0. The van der Waals surface area contributed by atoms with Gasteiger partial charge in [-0.2, -0.15) is 5.10 Å². The number of carbonyl (C=O) groups is 2. The van der Waals surface area contributed by atoms with Crippen molar-refractivity contribution in [2.45, 2.75) is 32.8 Å². The molecule has 0 atom stereocenters. The van der Waals surface area contributed by atoms with Gasteiger partial charge in [0, 0.05) is 12.0 Å². The van der Waals surface area contributed by atoms with Crippen LogP contribution in [0.4, 0.5) is 5.69 Å². The van der Waals surface area contributed by atoms with E-state index in [4.69, 9.17) is 4.74 Å². The lowest BCUT2D eigenvalue weighted by Gasteiger charge is -2.29. The van der Waals surface area contributed by atoms with Gasteiger partial charge in [-0.15, -0.1) is 0 Å². The summed E-state index contributed by atoms with van der Waals surface area (Å²) in [5.74, 6) is 0.00931. The van der Waals surface area contributed by atoms with E-state index >= 15 is 0 Å². The Bertz CT molecular complexity index is 559. The minimum atomic E-state index is -0.417. The highest BCUT2D eigenvalue weighted by molar-refractivity contribution is 6.41. The first kappa shape index (κ1) is 14.4. The number of rotatable bonds is 3. The number of hydrazone groups is 1. The van der Waals surface area contributed by atoms with Gasteiger partial charge in [-0.3, -0.25) is 15.0 Å². The predicted molar refractivity (Wildman–Crippen MR) is 77.2 cm³/mol. The molecule has 5 nitrogen and oxygen atoms in total. The van der Waals surface area contributed by atoms with Gasteiger partial charge in [0.05, 0.1) is 17.9 Å². The number of carbonyl (C=O) groups excluding carboxylic acids is 2. The second kappa shape index (κ2) is 5.54. The van der Waals surface area contributed by atoms with Crippen LogP contribution in [0.3, 0.4) is 0 Å². The Labute approximate surface area is 118 Å². The van der Waals surface area contributed by atoms with Crippen LogP contribution in [-0.2, 0) is 9.53 Å². The highest BCUT2D eigenvalue weighted by Crippen LogP contribution is 2.20. The number of ether oxygens (including phenoxy) is 1. The molecule has 0 saturated carbocycles. The number of nitrogens with zero attached hydrogens (tertiary/aromatic N) is 1. The first-order chi connectivity index (χ1) is 9.37. The number of hydrogen-bond donors (Lipinski definition) is 1. The molecule has 0 spiro atoms. The van der Waals surface area contributed by atoms with Crippen molar-refractivity contribution in [3.8, 4) is 0 Å². The Morgan fingerprint density at radius 3 is 2.50 bits per heavy atom. The fourth-order valence-electron chi connectivity index (χ4n) is 1.89. The minimum absolute atomic E-state index is 0.00546. The first-order valence-electron chi connectivity index (χ1n) is 6.48. The quantitative estimate of drug-likeness (QED) is 0.679. The van der Waals surface area contributed by atoms with Crippen molar-refractivity contribution < 1.29 is 14.3 Å². The normalized spacial score (nSPS) is 19.9. The third kappa shape index (κ3) is 3.51. The maximum absolute atomic E-state index is 11.9. The van der Waals surface area contributed by atoms with E-state index in [1.807, 2.05) is 13.8 Å². The van der Waals surface area contributed by atoms with Crippen molar-refractivity contribution >= 4 is 23.0 Å². The van der Waals surface area contributed by atoms with E-state index in [1.54, 1.807) is 24.3 Å². The summed E-state index contributed by atoms with van der Waals surface area (Å²) >= 11 is 0. The molecule has 0 radical (unpaired) electrons. The van der Waals surface area contributed by atoms with Crippen LogP contribution >= 0.6 is 0 Å². The smallest absolute Gasteiger partial charge is 0.184 e. The molecule has 0 bridgehead atoms. The zero-order valence-electron chi connectivity index (χ0n) is 11.9. The van der Waals surface area contributed by atoms with Gasteiger partial charge < -0.3 is 4.74 Å². The van der Waals surface area contributed by atoms with Crippen LogP contribution in [0.1, 0.15) is 37.6 Å². The molecule has 1 aliphatic heterocycles. The van der Waals surface area contributed by atoms with E-state index in [0.29, 0.717) is 17.7 Å². The lowest BCUT2D eigenvalue weighted by atomic mass is 9.96. The second-order valence-corrected chi connectivity index (χ2v) is 5.45. The summed E-state index contributed by atoms with van der Waals surface area (Å²) in [6.45, 7) is 5.50. The molecule has 0 unspecified atom stereocenters. The molecule has 5 heteroatoms. The summed E-state index contributed by atoms with van der Waals surface area (Å²) < 4.78 is 5.55. The highest BCUT2D eigenvalue weighted by Gasteiger charge is 2.31. The lowest BCUT2D eigenvalue weighted by Crippen LogP contribution is -2.40. The molecule has 2 rings (SSSR count). The fourth-order valence-corrected chi connectivity index (χ4v) is 1.89. The molecular weight excluding hydrogens is 256 g/mol. The molecule has 1 aromatic rings. The van der Waals surface area contributed by atoms with E-state index in [2.05, 4.69) is 10.5 Å². The van der Waals surface area contributed by atoms with Gasteiger partial charge in [-0.1, -0.05) is 0 Å². The number of anilines is 1. The van der Waals surface area contributed by atoms with Crippen molar-refractivity contribution in [2.24, 2.45) is 5.10 Å². The van der Waals surface area contributed by atoms with Gasteiger partial charge in [-0.05, 0) is 45.0 Å². The standard InChI is InChI=1S/C15H18N2O3/c1-10(18)11-4-6-12(7-5-11)16-17-13-9-20-15(2,3)8-14(13)19/h4-7,16H,8-9H2,1-3H3/b17-13-.